The van der Waals surface area contributed by atoms with Gasteiger partial charge in [-0.15, -0.1) is 0 Å². The second-order valence-corrected chi connectivity index (χ2v) is 5.68. The number of hydrogen-bond donors (Lipinski definition) is 1. The summed E-state index contributed by atoms with van der Waals surface area (Å²) in [6.45, 7) is 6.05. The molecule has 0 aromatic rings. The van der Waals surface area contributed by atoms with E-state index in [1.165, 1.54) is 0 Å². The van der Waals surface area contributed by atoms with Crippen LogP contribution < -0.4 is 5.73 Å². The lowest BCUT2D eigenvalue weighted by Gasteiger charge is -2.24. The molecule has 86 valence electrons. The van der Waals surface area contributed by atoms with Crippen molar-refractivity contribution in [3.63, 3.8) is 0 Å². The molecule has 1 aliphatic heterocycles. The second kappa shape index (κ2) is 3.78. The lowest BCUT2D eigenvalue weighted by Crippen LogP contribution is -2.37. The molecular formula is C12H22N2O. The zero-order chi connectivity index (χ0) is 11.1. The number of amides is 1. The maximum Gasteiger partial charge on any atom is 0.228 e. The molecule has 2 fully saturated rings. The van der Waals surface area contributed by atoms with E-state index in [9.17, 15) is 4.79 Å². The third-order valence-electron chi connectivity index (χ3n) is 3.62. The SMILES string of the molecule is CC(C)CC1(C(=O)N2CCC(N)C2)CC1. The van der Waals surface area contributed by atoms with Crippen LogP contribution in [0.2, 0.25) is 0 Å². The second-order valence-electron chi connectivity index (χ2n) is 5.68. The van der Waals surface area contributed by atoms with Gasteiger partial charge in [-0.25, -0.2) is 0 Å². The first-order valence-corrected chi connectivity index (χ1v) is 6.08. The van der Waals surface area contributed by atoms with E-state index >= 15 is 0 Å². The number of carbonyl (C=O) groups is 1. The van der Waals surface area contributed by atoms with Crippen molar-refractivity contribution in [3.05, 3.63) is 0 Å². The van der Waals surface area contributed by atoms with Crippen LogP contribution in [0.25, 0.3) is 0 Å². The smallest absolute Gasteiger partial charge is 0.228 e. The lowest BCUT2D eigenvalue weighted by molar-refractivity contribution is -0.136. The summed E-state index contributed by atoms with van der Waals surface area (Å²) in [5, 5.41) is 0. The summed E-state index contributed by atoms with van der Waals surface area (Å²) in [5.41, 5.74) is 5.85. The average Bonchev–Trinajstić information content (AvgIpc) is 2.79. The molecule has 15 heavy (non-hydrogen) atoms. The van der Waals surface area contributed by atoms with Gasteiger partial charge in [0.2, 0.25) is 5.91 Å². The highest BCUT2D eigenvalue weighted by Crippen LogP contribution is 2.52. The first-order valence-electron chi connectivity index (χ1n) is 6.08. The summed E-state index contributed by atoms with van der Waals surface area (Å²) in [5.74, 6) is 0.997. The fourth-order valence-corrected chi connectivity index (χ4v) is 2.74. The van der Waals surface area contributed by atoms with E-state index in [2.05, 4.69) is 13.8 Å². The molecule has 1 aliphatic carbocycles. The van der Waals surface area contributed by atoms with Crippen LogP contribution >= 0.6 is 0 Å². The normalized spacial score (nSPS) is 28.5. The number of hydrogen-bond acceptors (Lipinski definition) is 2. The molecule has 0 radical (unpaired) electrons. The van der Waals surface area contributed by atoms with Crippen molar-refractivity contribution in [2.24, 2.45) is 17.1 Å². The fourth-order valence-electron chi connectivity index (χ4n) is 2.74. The van der Waals surface area contributed by atoms with Crippen molar-refractivity contribution in [3.8, 4) is 0 Å². The van der Waals surface area contributed by atoms with Gasteiger partial charge in [0.25, 0.3) is 0 Å². The number of likely N-dealkylation sites (tertiary alicyclic amines) is 1. The maximum absolute atomic E-state index is 12.3. The minimum Gasteiger partial charge on any atom is -0.341 e. The molecule has 1 unspecified atom stereocenters. The van der Waals surface area contributed by atoms with Gasteiger partial charge in [0.15, 0.2) is 0 Å². The van der Waals surface area contributed by atoms with Crippen LogP contribution in [0.5, 0.6) is 0 Å². The molecule has 3 heteroatoms. The molecule has 2 aliphatic rings. The van der Waals surface area contributed by atoms with Crippen molar-refractivity contribution >= 4 is 5.91 Å². The van der Waals surface area contributed by atoms with Gasteiger partial charge in [0.05, 0.1) is 0 Å². The Bertz CT molecular complexity index is 258. The molecule has 1 amide bonds. The number of nitrogens with zero attached hydrogens (tertiary/aromatic N) is 1. The molecule has 2 rings (SSSR count). The third-order valence-corrected chi connectivity index (χ3v) is 3.62. The fraction of sp³-hybridized carbons (Fsp3) is 0.917. The van der Waals surface area contributed by atoms with Gasteiger partial charge < -0.3 is 10.6 Å². The van der Waals surface area contributed by atoms with Gasteiger partial charge in [-0.2, -0.15) is 0 Å². The van der Waals surface area contributed by atoms with E-state index in [1.54, 1.807) is 0 Å². The van der Waals surface area contributed by atoms with E-state index in [0.29, 0.717) is 11.8 Å². The standard InChI is InChI=1S/C12H22N2O/c1-9(2)7-12(4-5-12)11(15)14-6-3-10(13)8-14/h9-10H,3-8,13H2,1-2H3. The van der Waals surface area contributed by atoms with E-state index in [4.69, 9.17) is 5.73 Å². The Labute approximate surface area is 92.0 Å². The monoisotopic (exact) mass is 210 g/mol. The zero-order valence-corrected chi connectivity index (χ0v) is 9.83. The molecule has 1 heterocycles. The molecular weight excluding hydrogens is 188 g/mol. The van der Waals surface area contributed by atoms with E-state index in [1.807, 2.05) is 4.90 Å². The molecule has 1 saturated heterocycles. The van der Waals surface area contributed by atoms with E-state index < -0.39 is 0 Å². The predicted octanol–water partition coefficient (Wildman–Crippen LogP) is 1.37. The van der Waals surface area contributed by atoms with Crippen molar-refractivity contribution in [1.29, 1.82) is 0 Å². The summed E-state index contributed by atoms with van der Waals surface area (Å²) in [6.07, 6.45) is 4.21. The van der Waals surface area contributed by atoms with Crippen LogP contribution in [0.4, 0.5) is 0 Å². The summed E-state index contributed by atoms with van der Waals surface area (Å²) in [7, 11) is 0. The van der Waals surface area contributed by atoms with Crippen molar-refractivity contribution < 1.29 is 4.79 Å². The van der Waals surface area contributed by atoms with Gasteiger partial charge >= 0.3 is 0 Å². The highest BCUT2D eigenvalue weighted by molar-refractivity contribution is 5.85. The third kappa shape index (κ3) is 2.17. The Hall–Kier alpha value is -0.570. The van der Waals surface area contributed by atoms with Crippen molar-refractivity contribution in [2.75, 3.05) is 13.1 Å². The predicted molar refractivity (Wildman–Crippen MR) is 60.3 cm³/mol. The van der Waals surface area contributed by atoms with Gasteiger partial charge in [0.1, 0.15) is 0 Å². The summed E-state index contributed by atoms with van der Waals surface area (Å²) in [4.78, 5) is 14.3. The minimum absolute atomic E-state index is 0.0121. The Morgan fingerprint density at radius 2 is 2.20 bits per heavy atom. The molecule has 3 nitrogen and oxygen atoms in total. The van der Waals surface area contributed by atoms with Gasteiger partial charge in [-0.05, 0) is 31.6 Å². The molecule has 0 aromatic carbocycles. The summed E-state index contributed by atoms with van der Waals surface area (Å²) < 4.78 is 0. The lowest BCUT2D eigenvalue weighted by atomic mass is 9.93. The summed E-state index contributed by atoms with van der Waals surface area (Å²) in [6, 6.07) is 0.212. The van der Waals surface area contributed by atoms with Crippen LogP contribution in [0.15, 0.2) is 0 Å². The number of rotatable bonds is 3. The van der Waals surface area contributed by atoms with Crippen LogP contribution in [0.3, 0.4) is 0 Å². The average molecular weight is 210 g/mol. The topological polar surface area (TPSA) is 46.3 Å². The molecule has 0 bridgehead atoms. The Morgan fingerprint density at radius 1 is 1.53 bits per heavy atom. The quantitative estimate of drug-likeness (QED) is 0.764. The first kappa shape index (κ1) is 10.9. The maximum atomic E-state index is 12.3. The number of nitrogens with two attached hydrogens (primary N) is 1. The Kier molecular flexibility index (Phi) is 2.75. The Balaban J connectivity index is 1.96. The van der Waals surface area contributed by atoms with E-state index in [0.717, 1.165) is 38.8 Å². The van der Waals surface area contributed by atoms with Crippen LogP contribution in [0, 0.1) is 11.3 Å². The molecule has 2 N–H and O–H groups in total. The van der Waals surface area contributed by atoms with Gasteiger partial charge in [-0.3, -0.25) is 4.79 Å². The van der Waals surface area contributed by atoms with Crippen molar-refractivity contribution in [2.45, 2.75) is 45.6 Å². The highest BCUT2D eigenvalue weighted by atomic mass is 16.2. The van der Waals surface area contributed by atoms with Gasteiger partial charge in [0, 0.05) is 24.5 Å². The Morgan fingerprint density at radius 3 is 2.60 bits per heavy atom. The van der Waals surface area contributed by atoms with Crippen LogP contribution in [-0.4, -0.2) is 29.9 Å². The largest absolute Gasteiger partial charge is 0.341 e. The highest BCUT2D eigenvalue weighted by Gasteiger charge is 2.52. The molecule has 0 spiro atoms. The van der Waals surface area contributed by atoms with E-state index in [-0.39, 0.29) is 11.5 Å². The van der Waals surface area contributed by atoms with Crippen molar-refractivity contribution in [1.82, 2.24) is 4.90 Å². The first-order chi connectivity index (χ1) is 7.03. The minimum atomic E-state index is 0.0121. The molecule has 0 aromatic heterocycles. The van der Waals surface area contributed by atoms with Gasteiger partial charge in [-0.1, -0.05) is 13.8 Å². The summed E-state index contributed by atoms with van der Waals surface area (Å²) >= 11 is 0. The van der Waals surface area contributed by atoms with Crippen LogP contribution in [-0.2, 0) is 4.79 Å². The number of carbonyl (C=O) groups excluding carboxylic acids is 1. The molecule has 1 saturated carbocycles. The zero-order valence-electron chi connectivity index (χ0n) is 9.83. The van der Waals surface area contributed by atoms with Crippen LogP contribution in [0.1, 0.15) is 39.5 Å². The molecule has 1 atom stereocenters.